The van der Waals surface area contributed by atoms with Crippen molar-refractivity contribution < 1.29 is 0 Å². The first-order valence-corrected chi connectivity index (χ1v) is 8.03. The van der Waals surface area contributed by atoms with E-state index in [1.165, 1.54) is 0 Å². The minimum absolute atomic E-state index is 0. The Morgan fingerprint density at radius 3 is 2.71 bits per heavy atom. The van der Waals surface area contributed by atoms with E-state index in [4.69, 9.17) is 0 Å². The third-order valence-electron chi connectivity index (χ3n) is 3.40. The first kappa shape index (κ1) is 20.4. The summed E-state index contributed by atoms with van der Waals surface area (Å²) >= 11 is 0. The van der Waals surface area contributed by atoms with Crippen LogP contribution in [0.5, 0.6) is 0 Å². The van der Waals surface area contributed by atoms with E-state index < -0.39 is 0 Å². The van der Waals surface area contributed by atoms with Gasteiger partial charge in [-0.1, -0.05) is 19.9 Å². The Bertz CT molecular complexity index is 609. The highest BCUT2D eigenvalue weighted by atomic mass is 127. The molecule has 0 aliphatic rings. The molecule has 2 rings (SSSR count). The molecule has 7 heteroatoms. The van der Waals surface area contributed by atoms with E-state index in [-0.39, 0.29) is 24.0 Å². The van der Waals surface area contributed by atoms with Gasteiger partial charge >= 0.3 is 0 Å². The van der Waals surface area contributed by atoms with Gasteiger partial charge in [0, 0.05) is 50.8 Å². The number of nitrogens with one attached hydrogen (secondary N) is 2. The minimum Gasteiger partial charge on any atom is -0.356 e. The molecular formula is C17H27IN6. The van der Waals surface area contributed by atoms with Crippen molar-refractivity contribution in [2.24, 2.45) is 10.9 Å². The maximum Gasteiger partial charge on any atom is 0.191 e. The molecule has 0 aliphatic carbocycles. The zero-order valence-corrected chi connectivity index (χ0v) is 16.9. The molecule has 0 spiro atoms. The average Bonchev–Trinajstić information content (AvgIpc) is 2.98. The van der Waals surface area contributed by atoms with Crippen LogP contribution in [0.4, 0.5) is 0 Å². The third kappa shape index (κ3) is 6.86. The fraction of sp³-hybridized carbons (Fsp3) is 0.471. The van der Waals surface area contributed by atoms with Gasteiger partial charge in [-0.25, -0.2) is 4.98 Å². The van der Waals surface area contributed by atoms with Crippen LogP contribution in [0, 0.1) is 5.92 Å². The zero-order valence-electron chi connectivity index (χ0n) is 14.6. The van der Waals surface area contributed by atoms with Gasteiger partial charge in [-0.2, -0.15) is 0 Å². The summed E-state index contributed by atoms with van der Waals surface area (Å²) < 4.78 is 2.18. The third-order valence-corrected chi connectivity index (χ3v) is 3.40. The van der Waals surface area contributed by atoms with E-state index in [9.17, 15) is 0 Å². The van der Waals surface area contributed by atoms with Crippen molar-refractivity contribution >= 4 is 29.9 Å². The molecule has 0 bridgehead atoms. The van der Waals surface area contributed by atoms with Gasteiger partial charge in [-0.05, 0) is 18.1 Å². The van der Waals surface area contributed by atoms with E-state index in [0.29, 0.717) is 12.5 Å². The van der Waals surface area contributed by atoms with Crippen LogP contribution in [0.25, 0.3) is 0 Å². The maximum absolute atomic E-state index is 4.41. The van der Waals surface area contributed by atoms with Gasteiger partial charge in [0.05, 0.1) is 6.54 Å². The molecule has 0 atom stereocenters. The Balaban J connectivity index is 0.00000288. The normalized spacial score (nSPS) is 11.2. The summed E-state index contributed by atoms with van der Waals surface area (Å²) in [5.74, 6) is 2.39. The maximum atomic E-state index is 4.41. The number of pyridine rings is 1. The molecule has 24 heavy (non-hydrogen) atoms. The molecule has 0 amide bonds. The lowest BCUT2D eigenvalue weighted by atomic mass is 10.2. The van der Waals surface area contributed by atoms with Gasteiger partial charge < -0.3 is 15.2 Å². The molecule has 0 fully saturated rings. The number of guanidine groups is 1. The summed E-state index contributed by atoms with van der Waals surface area (Å²) in [5.41, 5.74) is 1.07. The lowest BCUT2D eigenvalue weighted by Gasteiger charge is -2.14. The van der Waals surface area contributed by atoms with Crippen LogP contribution in [0.15, 0.2) is 41.8 Å². The van der Waals surface area contributed by atoms with E-state index >= 15 is 0 Å². The Hall–Kier alpha value is -1.64. The van der Waals surface area contributed by atoms with Crippen molar-refractivity contribution in [3.8, 4) is 0 Å². The summed E-state index contributed by atoms with van der Waals surface area (Å²) in [5, 5.41) is 6.61. The molecular weight excluding hydrogens is 415 g/mol. The van der Waals surface area contributed by atoms with Gasteiger partial charge in [-0.3, -0.25) is 9.98 Å². The van der Waals surface area contributed by atoms with Crippen LogP contribution in [0.1, 0.15) is 25.4 Å². The highest BCUT2D eigenvalue weighted by molar-refractivity contribution is 14.0. The Morgan fingerprint density at radius 2 is 2.04 bits per heavy atom. The second kappa shape index (κ2) is 11.0. The largest absolute Gasteiger partial charge is 0.356 e. The number of aromatic nitrogens is 3. The van der Waals surface area contributed by atoms with E-state index in [1.54, 1.807) is 7.05 Å². The van der Waals surface area contributed by atoms with Gasteiger partial charge in [0.15, 0.2) is 5.96 Å². The van der Waals surface area contributed by atoms with Crippen molar-refractivity contribution in [3.05, 3.63) is 48.3 Å². The van der Waals surface area contributed by atoms with Crippen LogP contribution < -0.4 is 10.6 Å². The molecule has 2 aromatic heterocycles. The Labute approximate surface area is 161 Å². The number of halogens is 1. The van der Waals surface area contributed by atoms with Crippen LogP contribution in [-0.4, -0.2) is 34.1 Å². The number of hydrogen-bond acceptors (Lipinski definition) is 3. The Kier molecular flexibility index (Phi) is 9.36. The minimum atomic E-state index is 0. The number of aliphatic imine (C=N–C) groups is 1. The topological polar surface area (TPSA) is 67.1 Å². The fourth-order valence-electron chi connectivity index (χ4n) is 2.31. The van der Waals surface area contributed by atoms with Crippen molar-refractivity contribution in [3.63, 3.8) is 0 Å². The smallest absolute Gasteiger partial charge is 0.191 e. The quantitative estimate of drug-likeness (QED) is 0.393. The highest BCUT2D eigenvalue weighted by Gasteiger charge is 2.06. The summed E-state index contributed by atoms with van der Waals surface area (Å²) in [7, 11) is 1.77. The van der Waals surface area contributed by atoms with Crippen molar-refractivity contribution in [2.45, 2.75) is 33.4 Å². The predicted octanol–water partition coefficient (Wildman–Crippen LogP) is 2.46. The molecule has 0 radical (unpaired) electrons. The van der Waals surface area contributed by atoms with Crippen molar-refractivity contribution in [2.75, 3.05) is 13.6 Å². The van der Waals surface area contributed by atoms with Crippen LogP contribution >= 0.6 is 24.0 Å². The van der Waals surface area contributed by atoms with Crippen LogP contribution in [0.3, 0.4) is 0 Å². The first-order chi connectivity index (χ1) is 11.2. The molecule has 2 heterocycles. The molecule has 0 unspecified atom stereocenters. The van der Waals surface area contributed by atoms with Gasteiger partial charge in [0.25, 0.3) is 0 Å². The number of hydrogen-bond donors (Lipinski definition) is 2. The molecule has 0 saturated carbocycles. The zero-order chi connectivity index (χ0) is 16.5. The van der Waals surface area contributed by atoms with E-state index in [1.807, 2.05) is 36.8 Å². The number of rotatable bonds is 7. The number of imidazole rings is 1. The molecule has 0 aromatic carbocycles. The molecule has 6 nitrogen and oxygen atoms in total. The number of nitrogens with zero attached hydrogens (tertiary/aromatic N) is 4. The van der Waals surface area contributed by atoms with Crippen LogP contribution in [-0.2, 0) is 19.5 Å². The summed E-state index contributed by atoms with van der Waals surface area (Å²) in [6, 6.07) is 5.96. The van der Waals surface area contributed by atoms with Crippen molar-refractivity contribution in [1.82, 2.24) is 25.2 Å². The van der Waals surface area contributed by atoms with E-state index in [2.05, 4.69) is 44.0 Å². The standard InChI is InChI=1S/C17H26N6.HI/c1-14(2)13-23-11-10-20-16(23)12-22-17(18-3)21-9-7-15-6-4-5-8-19-15;/h4-6,8,10-11,14H,7,9,12-13H2,1-3H3,(H2,18,21,22);1H. The van der Waals surface area contributed by atoms with E-state index in [0.717, 1.165) is 37.0 Å². The monoisotopic (exact) mass is 442 g/mol. The fourth-order valence-corrected chi connectivity index (χ4v) is 2.31. The van der Waals surface area contributed by atoms with Gasteiger partial charge in [0.1, 0.15) is 5.82 Å². The van der Waals surface area contributed by atoms with Crippen molar-refractivity contribution in [1.29, 1.82) is 0 Å². The molecule has 132 valence electrons. The molecule has 0 saturated heterocycles. The first-order valence-electron chi connectivity index (χ1n) is 8.03. The highest BCUT2D eigenvalue weighted by Crippen LogP contribution is 2.03. The average molecular weight is 442 g/mol. The van der Waals surface area contributed by atoms with Gasteiger partial charge in [0.2, 0.25) is 0 Å². The summed E-state index contributed by atoms with van der Waals surface area (Å²) in [6.45, 7) is 6.83. The SMILES string of the molecule is CN=C(NCCc1ccccn1)NCc1nccn1CC(C)C.I. The lowest BCUT2D eigenvalue weighted by molar-refractivity contribution is 0.503. The second-order valence-electron chi connectivity index (χ2n) is 5.81. The lowest BCUT2D eigenvalue weighted by Crippen LogP contribution is -2.38. The van der Waals surface area contributed by atoms with Crippen LogP contribution in [0.2, 0.25) is 0 Å². The Morgan fingerprint density at radius 1 is 1.21 bits per heavy atom. The summed E-state index contributed by atoms with van der Waals surface area (Å²) in [4.78, 5) is 13.0. The summed E-state index contributed by atoms with van der Waals surface area (Å²) in [6.07, 6.45) is 6.55. The molecule has 2 N–H and O–H groups in total. The second-order valence-corrected chi connectivity index (χ2v) is 5.81. The van der Waals surface area contributed by atoms with Gasteiger partial charge in [-0.15, -0.1) is 24.0 Å². The molecule has 0 aliphatic heterocycles. The molecule has 2 aromatic rings. The predicted molar refractivity (Wildman–Crippen MR) is 109 cm³/mol.